The molecule has 1 aromatic heterocycles. The van der Waals surface area contributed by atoms with Crippen LogP contribution < -0.4 is 4.74 Å². The van der Waals surface area contributed by atoms with Crippen molar-refractivity contribution < 1.29 is 14.6 Å². The van der Waals surface area contributed by atoms with E-state index in [-0.39, 0.29) is 5.78 Å². The molecule has 0 spiro atoms. The van der Waals surface area contributed by atoms with Crippen molar-refractivity contribution in [3.05, 3.63) is 65.4 Å². The van der Waals surface area contributed by atoms with Crippen molar-refractivity contribution in [2.24, 2.45) is 0 Å². The van der Waals surface area contributed by atoms with E-state index in [1.54, 1.807) is 6.92 Å². The molecule has 0 saturated heterocycles. The lowest BCUT2D eigenvalue weighted by Gasteiger charge is -2.17. The highest BCUT2D eigenvalue weighted by Crippen LogP contribution is 2.29. The number of carbonyl (C=O) groups is 1. The average Bonchev–Trinajstić information content (AvgIpc) is 2.92. The molecule has 3 aromatic rings. The summed E-state index contributed by atoms with van der Waals surface area (Å²) in [5.41, 5.74) is 3.66. The Bertz CT molecular complexity index is 893. The number of aromatic nitrogens is 1. The molecule has 25 heavy (non-hydrogen) atoms. The molecule has 0 amide bonds. The number of Topliss-reactive ketones (excluding diaryl/α,β-unsaturated/α-hetero) is 1. The second-order valence-corrected chi connectivity index (χ2v) is 6.26. The Morgan fingerprint density at radius 2 is 1.92 bits per heavy atom. The summed E-state index contributed by atoms with van der Waals surface area (Å²) in [6.45, 7) is 6.12. The second-order valence-electron chi connectivity index (χ2n) is 6.26. The molecule has 130 valence electrons. The van der Waals surface area contributed by atoms with Gasteiger partial charge in [-0.25, -0.2) is 0 Å². The maximum absolute atomic E-state index is 11.5. The van der Waals surface area contributed by atoms with Crippen LogP contribution in [0.15, 0.2) is 48.5 Å². The number of fused-ring (bicyclic) bond motifs is 1. The van der Waals surface area contributed by atoms with Crippen LogP contribution >= 0.6 is 0 Å². The number of aliphatic hydroxyl groups excluding tert-OH is 1. The number of rotatable bonds is 6. The van der Waals surface area contributed by atoms with Gasteiger partial charge in [-0.2, -0.15) is 0 Å². The Hall–Kier alpha value is -2.59. The van der Waals surface area contributed by atoms with Gasteiger partial charge in [0, 0.05) is 23.1 Å². The zero-order valence-corrected chi connectivity index (χ0v) is 14.8. The van der Waals surface area contributed by atoms with Crippen LogP contribution in [-0.2, 0) is 11.2 Å². The van der Waals surface area contributed by atoms with Gasteiger partial charge in [0.2, 0.25) is 0 Å². The largest absolute Gasteiger partial charge is 0.494 e. The van der Waals surface area contributed by atoms with E-state index in [1.165, 1.54) is 0 Å². The van der Waals surface area contributed by atoms with E-state index in [1.807, 2.05) is 66.9 Å². The lowest BCUT2D eigenvalue weighted by molar-refractivity contribution is -0.116. The van der Waals surface area contributed by atoms with Gasteiger partial charge in [-0.05, 0) is 50.6 Å². The van der Waals surface area contributed by atoms with Crippen molar-refractivity contribution in [2.75, 3.05) is 6.61 Å². The molecule has 1 N–H and O–H groups in total. The van der Waals surface area contributed by atoms with Crippen molar-refractivity contribution in [1.29, 1.82) is 0 Å². The number of ether oxygens (including phenoxy) is 1. The topological polar surface area (TPSA) is 51.5 Å². The Morgan fingerprint density at radius 3 is 2.56 bits per heavy atom. The monoisotopic (exact) mass is 337 g/mol. The van der Waals surface area contributed by atoms with Gasteiger partial charge in [0.05, 0.1) is 12.1 Å². The zero-order valence-electron chi connectivity index (χ0n) is 14.8. The summed E-state index contributed by atoms with van der Waals surface area (Å²) in [5.74, 6) is 0.918. The minimum atomic E-state index is -0.791. The molecular formula is C21H23NO3. The SMILES string of the molecule is CCOc1ccc(C(O)n2c(C)cc3c(CC(C)=O)cccc32)cc1. The van der Waals surface area contributed by atoms with Crippen molar-refractivity contribution in [3.63, 3.8) is 0 Å². The van der Waals surface area contributed by atoms with Crippen LogP contribution in [0, 0.1) is 6.92 Å². The Morgan fingerprint density at radius 1 is 1.20 bits per heavy atom. The minimum absolute atomic E-state index is 0.130. The molecule has 0 aliphatic carbocycles. The van der Waals surface area contributed by atoms with E-state index in [9.17, 15) is 9.90 Å². The summed E-state index contributed by atoms with van der Waals surface area (Å²) in [6.07, 6.45) is -0.388. The number of aliphatic hydroxyl groups is 1. The first-order valence-electron chi connectivity index (χ1n) is 8.51. The standard InChI is InChI=1S/C21H23NO3/c1-4-25-18-10-8-16(9-11-18)21(24)22-14(2)12-19-17(13-15(3)23)6-5-7-20(19)22/h5-12,21,24H,4,13H2,1-3H3. The van der Waals surface area contributed by atoms with Gasteiger partial charge in [-0.15, -0.1) is 0 Å². The van der Waals surface area contributed by atoms with E-state index < -0.39 is 6.23 Å². The second kappa shape index (κ2) is 7.11. The van der Waals surface area contributed by atoms with Crippen molar-refractivity contribution in [2.45, 2.75) is 33.4 Å². The zero-order chi connectivity index (χ0) is 18.0. The molecule has 1 unspecified atom stereocenters. The molecule has 0 radical (unpaired) electrons. The molecule has 1 atom stereocenters. The fraction of sp³-hybridized carbons (Fsp3) is 0.286. The maximum Gasteiger partial charge on any atom is 0.157 e. The molecule has 2 aromatic carbocycles. The predicted molar refractivity (Wildman–Crippen MR) is 99.0 cm³/mol. The fourth-order valence-electron chi connectivity index (χ4n) is 3.24. The Kier molecular flexibility index (Phi) is 4.91. The van der Waals surface area contributed by atoms with Crippen molar-refractivity contribution >= 4 is 16.7 Å². The van der Waals surface area contributed by atoms with Crippen LogP contribution in [0.1, 0.15) is 36.9 Å². The highest BCUT2D eigenvalue weighted by molar-refractivity contribution is 5.89. The third-order valence-corrected chi connectivity index (χ3v) is 4.34. The molecular weight excluding hydrogens is 314 g/mol. The first-order valence-corrected chi connectivity index (χ1v) is 8.51. The van der Waals surface area contributed by atoms with Gasteiger partial charge in [0.1, 0.15) is 11.5 Å². The number of aryl methyl sites for hydroxylation is 1. The van der Waals surface area contributed by atoms with Gasteiger partial charge >= 0.3 is 0 Å². The van der Waals surface area contributed by atoms with Gasteiger partial charge < -0.3 is 14.4 Å². The van der Waals surface area contributed by atoms with Crippen LogP contribution in [0.4, 0.5) is 0 Å². The van der Waals surface area contributed by atoms with Crippen LogP contribution in [0.25, 0.3) is 10.9 Å². The quantitative estimate of drug-likeness (QED) is 0.739. The molecule has 0 fully saturated rings. The lowest BCUT2D eigenvalue weighted by Crippen LogP contribution is -2.11. The lowest BCUT2D eigenvalue weighted by atomic mass is 10.1. The molecule has 4 heteroatoms. The summed E-state index contributed by atoms with van der Waals surface area (Å²) in [7, 11) is 0. The van der Waals surface area contributed by atoms with E-state index in [4.69, 9.17) is 4.74 Å². The number of nitrogens with zero attached hydrogens (tertiary/aromatic N) is 1. The normalized spacial score (nSPS) is 12.3. The molecule has 0 bridgehead atoms. The Labute approximate surface area is 147 Å². The van der Waals surface area contributed by atoms with Gasteiger partial charge in [0.25, 0.3) is 0 Å². The van der Waals surface area contributed by atoms with Gasteiger partial charge in [0.15, 0.2) is 6.23 Å². The summed E-state index contributed by atoms with van der Waals surface area (Å²) < 4.78 is 7.36. The highest BCUT2D eigenvalue weighted by Gasteiger charge is 2.17. The van der Waals surface area contributed by atoms with E-state index in [2.05, 4.69) is 0 Å². The molecule has 0 aliphatic heterocycles. The van der Waals surface area contributed by atoms with Crippen LogP contribution in [0.5, 0.6) is 5.75 Å². The van der Waals surface area contributed by atoms with E-state index >= 15 is 0 Å². The average molecular weight is 337 g/mol. The summed E-state index contributed by atoms with van der Waals surface area (Å²) in [4.78, 5) is 11.5. The van der Waals surface area contributed by atoms with E-state index in [0.717, 1.165) is 33.5 Å². The summed E-state index contributed by atoms with van der Waals surface area (Å²) in [5, 5.41) is 11.9. The fourth-order valence-corrected chi connectivity index (χ4v) is 3.24. The van der Waals surface area contributed by atoms with Gasteiger partial charge in [-0.3, -0.25) is 4.79 Å². The van der Waals surface area contributed by atoms with Crippen molar-refractivity contribution in [1.82, 2.24) is 4.57 Å². The number of hydrogen-bond donors (Lipinski definition) is 1. The van der Waals surface area contributed by atoms with Crippen LogP contribution in [0.3, 0.4) is 0 Å². The van der Waals surface area contributed by atoms with Crippen molar-refractivity contribution in [3.8, 4) is 5.75 Å². The number of carbonyl (C=O) groups excluding carboxylic acids is 1. The first-order chi connectivity index (χ1) is 12.0. The first kappa shape index (κ1) is 17.2. The van der Waals surface area contributed by atoms with Crippen LogP contribution in [0.2, 0.25) is 0 Å². The third kappa shape index (κ3) is 3.44. The minimum Gasteiger partial charge on any atom is -0.494 e. The number of hydrogen-bond acceptors (Lipinski definition) is 3. The molecule has 0 saturated carbocycles. The summed E-state index contributed by atoms with van der Waals surface area (Å²) >= 11 is 0. The molecule has 1 heterocycles. The smallest absolute Gasteiger partial charge is 0.157 e. The van der Waals surface area contributed by atoms with Crippen LogP contribution in [-0.4, -0.2) is 22.1 Å². The number of ketones is 1. The molecule has 3 rings (SSSR count). The number of benzene rings is 2. The molecule has 4 nitrogen and oxygen atoms in total. The van der Waals surface area contributed by atoms with E-state index in [0.29, 0.717) is 13.0 Å². The van der Waals surface area contributed by atoms with Gasteiger partial charge in [-0.1, -0.05) is 24.3 Å². The third-order valence-electron chi connectivity index (χ3n) is 4.34. The molecule has 0 aliphatic rings. The maximum atomic E-state index is 11.5. The summed E-state index contributed by atoms with van der Waals surface area (Å²) in [6, 6.07) is 15.4. The predicted octanol–water partition coefficient (Wildman–Crippen LogP) is 4.02. The highest BCUT2D eigenvalue weighted by atomic mass is 16.5. The Balaban J connectivity index is 2.02.